The smallest absolute Gasteiger partial charge is 0.300 e. The van der Waals surface area contributed by atoms with Gasteiger partial charge in [-0.05, 0) is 54.4 Å². The fourth-order valence-corrected chi connectivity index (χ4v) is 4.06. The highest BCUT2D eigenvalue weighted by Gasteiger charge is 2.47. The molecule has 1 amide bonds. The van der Waals surface area contributed by atoms with E-state index in [0.717, 1.165) is 5.56 Å². The summed E-state index contributed by atoms with van der Waals surface area (Å²) in [6.45, 7) is 1.84. The maximum atomic E-state index is 14.0. The fraction of sp³-hybridized carbons (Fsp3) is 0.154. The summed E-state index contributed by atoms with van der Waals surface area (Å²) in [4.78, 5) is 27.7. The number of ether oxygens (including phenoxy) is 2. The molecule has 7 heteroatoms. The number of anilines is 1. The van der Waals surface area contributed by atoms with E-state index in [1.807, 2.05) is 19.1 Å². The molecule has 1 atom stereocenters. The standard InChI is InChI=1S/C26H22FNO5/c1-15-7-4-5-10-19(15)23-22(24(29)20-14-18(32-2)11-12-21(20)33-3)25(30)26(31)28(23)17-9-6-8-16(27)13-17/h4-14,23,29H,1-3H3/b24-22+. The molecule has 3 aromatic carbocycles. The van der Waals surface area contributed by atoms with E-state index in [4.69, 9.17) is 9.47 Å². The predicted molar refractivity (Wildman–Crippen MR) is 122 cm³/mol. The number of hydrogen-bond acceptors (Lipinski definition) is 5. The second kappa shape index (κ2) is 8.78. The summed E-state index contributed by atoms with van der Waals surface area (Å²) in [5.41, 5.74) is 1.72. The average Bonchev–Trinajstić information content (AvgIpc) is 3.08. The van der Waals surface area contributed by atoms with Crippen LogP contribution >= 0.6 is 0 Å². The van der Waals surface area contributed by atoms with Crippen molar-refractivity contribution in [2.45, 2.75) is 13.0 Å². The Kier molecular flexibility index (Phi) is 5.87. The zero-order chi connectivity index (χ0) is 23.7. The monoisotopic (exact) mass is 447 g/mol. The van der Waals surface area contributed by atoms with Gasteiger partial charge in [0.1, 0.15) is 23.1 Å². The van der Waals surface area contributed by atoms with E-state index in [0.29, 0.717) is 17.1 Å². The van der Waals surface area contributed by atoms with Crippen LogP contribution < -0.4 is 14.4 Å². The van der Waals surface area contributed by atoms with E-state index in [1.165, 1.54) is 43.4 Å². The minimum Gasteiger partial charge on any atom is -0.507 e. The number of benzene rings is 3. The summed E-state index contributed by atoms with van der Waals surface area (Å²) in [6.07, 6.45) is 0. The van der Waals surface area contributed by atoms with Crippen molar-refractivity contribution in [2.24, 2.45) is 0 Å². The van der Waals surface area contributed by atoms with Gasteiger partial charge in [-0.1, -0.05) is 30.3 Å². The number of carbonyl (C=O) groups is 2. The van der Waals surface area contributed by atoms with Crippen molar-refractivity contribution in [1.82, 2.24) is 0 Å². The van der Waals surface area contributed by atoms with E-state index < -0.39 is 29.3 Å². The van der Waals surface area contributed by atoms with Crippen molar-refractivity contribution in [1.29, 1.82) is 0 Å². The normalized spacial score (nSPS) is 17.3. The predicted octanol–water partition coefficient (Wildman–Crippen LogP) is 4.78. The van der Waals surface area contributed by atoms with Crippen molar-refractivity contribution < 1.29 is 28.6 Å². The fourth-order valence-electron chi connectivity index (χ4n) is 4.06. The molecule has 1 aliphatic heterocycles. The number of carbonyl (C=O) groups excluding carboxylic acids is 2. The highest BCUT2D eigenvalue weighted by molar-refractivity contribution is 6.51. The molecule has 0 saturated carbocycles. The summed E-state index contributed by atoms with van der Waals surface area (Å²) in [7, 11) is 2.91. The van der Waals surface area contributed by atoms with Gasteiger partial charge < -0.3 is 14.6 Å². The van der Waals surface area contributed by atoms with Crippen molar-refractivity contribution in [3.63, 3.8) is 0 Å². The lowest BCUT2D eigenvalue weighted by atomic mass is 9.92. The molecule has 1 saturated heterocycles. The molecule has 3 aromatic rings. The summed E-state index contributed by atoms with van der Waals surface area (Å²) < 4.78 is 24.7. The Morgan fingerprint density at radius 3 is 2.39 bits per heavy atom. The first-order valence-corrected chi connectivity index (χ1v) is 10.2. The third-order valence-corrected chi connectivity index (χ3v) is 5.68. The molecule has 1 aliphatic rings. The average molecular weight is 447 g/mol. The number of aliphatic hydroxyl groups is 1. The Morgan fingerprint density at radius 1 is 0.970 bits per heavy atom. The Balaban J connectivity index is 2.02. The van der Waals surface area contributed by atoms with Gasteiger partial charge >= 0.3 is 0 Å². The number of nitrogens with zero attached hydrogens (tertiary/aromatic N) is 1. The van der Waals surface area contributed by atoms with Gasteiger partial charge in [0, 0.05) is 5.69 Å². The van der Waals surface area contributed by atoms with Gasteiger partial charge in [0.2, 0.25) is 0 Å². The number of Topliss-reactive ketones (excluding diaryl/α,β-unsaturated/α-hetero) is 1. The molecule has 33 heavy (non-hydrogen) atoms. The first-order chi connectivity index (χ1) is 15.9. The quantitative estimate of drug-likeness (QED) is 0.346. The Hall–Kier alpha value is -4.13. The number of methoxy groups -OCH3 is 2. The molecular formula is C26H22FNO5. The molecule has 6 nitrogen and oxygen atoms in total. The highest BCUT2D eigenvalue weighted by Crippen LogP contribution is 2.44. The van der Waals surface area contributed by atoms with Crippen LogP contribution in [0.5, 0.6) is 11.5 Å². The Morgan fingerprint density at radius 2 is 1.73 bits per heavy atom. The van der Waals surface area contributed by atoms with Crippen LogP contribution in [0.15, 0.2) is 72.3 Å². The van der Waals surface area contributed by atoms with Crippen molar-refractivity contribution in [2.75, 3.05) is 19.1 Å². The molecule has 1 fully saturated rings. The number of rotatable bonds is 5. The molecule has 0 bridgehead atoms. The number of aryl methyl sites for hydroxylation is 1. The van der Waals surface area contributed by atoms with Gasteiger partial charge in [0.15, 0.2) is 0 Å². The number of halogens is 1. The molecular weight excluding hydrogens is 425 g/mol. The van der Waals surface area contributed by atoms with Crippen LogP contribution in [0.4, 0.5) is 10.1 Å². The highest BCUT2D eigenvalue weighted by atomic mass is 19.1. The Bertz CT molecular complexity index is 1280. The van der Waals surface area contributed by atoms with Crippen molar-refractivity contribution in [3.05, 3.63) is 94.8 Å². The van der Waals surface area contributed by atoms with Crippen LogP contribution in [-0.4, -0.2) is 31.0 Å². The van der Waals surface area contributed by atoms with Crippen molar-refractivity contribution in [3.8, 4) is 11.5 Å². The number of amides is 1. The summed E-state index contributed by atoms with van der Waals surface area (Å²) in [5.74, 6) is -1.96. The molecule has 0 radical (unpaired) electrons. The largest absolute Gasteiger partial charge is 0.507 e. The number of aliphatic hydroxyl groups excluding tert-OH is 1. The molecule has 168 valence electrons. The van der Waals surface area contributed by atoms with Gasteiger partial charge in [0.25, 0.3) is 11.7 Å². The molecule has 1 unspecified atom stereocenters. The third-order valence-electron chi connectivity index (χ3n) is 5.68. The molecule has 1 N–H and O–H groups in total. The molecule has 1 heterocycles. The summed E-state index contributed by atoms with van der Waals surface area (Å²) in [6, 6.07) is 16.5. The zero-order valence-electron chi connectivity index (χ0n) is 18.3. The minimum absolute atomic E-state index is 0.120. The maximum Gasteiger partial charge on any atom is 0.300 e. The summed E-state index contributed by atoms with van der Waals surface area (Å²) >= 11 is 0. The molecule has 4 rings (SSSR count). The van der Waals surface area contributed by atoms with Crippen LogP contribution in [0.3, 0.4) is 0 Å². The lowest BCUT2D eigenvalue weighted by molar-refractivity contribution is -0.132. The number of ketones is 1. The molecule has 0 aliphatic carbocycles. The lowest BCUT2D eigenvalue weighted by Crippen LogP contribution is -2.29. The topological polar surface area (TPSA) is 76.1 Å². The van der Waals surface area contributed by atoms with E-state index in [-0.39, 0.29) is 16.8 Å². The second-order valence-corrected chi connectivity index (χ2v) is 7.57. The first-order valence-electron chi connectivity index (χ1n) is 10.2. The second-order valence-electron chi connectivity index (χ2n) is 7.57. The number of hydrogen-bond donors (Lipinski definition) is 1. The van der Waals surface area contributed by atoms with Crippen LogP contribution in [-0.2, 0) is 9.59 Å². The SMILES string of the molecule is COc1ccc(OC)c(/C(O)=C2\C(=O)C(=O)N(c3cccc(F)c3)C2c2ccccc2C)c1. The zero-order valence-corrected chi connectivity index (χ0v) is 18.3. The molecule has 0 spiro atoms. The van der Waals surface area contributed by atoms with E-state index in [9.17, 15) is 19.1 Å². The summed E-state index contributed by atoms with van der Waals surface area (Å²) in [5, 5.41) is 11.4. The van der Waals surface area contributed by atoms with Crippen LogP contribution in [0.2, 0.25) is 0 Å². The van der Waals surface area contributed by atoms with Gasteiger partial charge in [-0.3, -0.25) is 14.5 Å². The molecule has 0 aromatic heterocycles. The van der Waals surface area contributed by atoms with Gasteiger partial charge in [-0.15, -0.1) is 0 Å². The van der Waals surface area contributed by atoms with Crippen molar-refractivity contribution >= 4 is 23.1 Å². The van der Waals surface area contributed by atoms with Gasteiger partial charge in [-0.25, -0.2) is 4.39 Å². The van der Waals surface area contributed by atoms with Crippen LogP contribution in [0.25, 0.3) is 5.76 Å². The minimum atomic E-state index is -0.969. The maximum absolute atomic E-state index is 14.0. The van der Waals surface area contributed by atoms with Gasteiger partial charge in [-0.2, -0.15) is 0 Å². The van der Waals surface area contributed by atoms with Crippen LogP contribution in [0, 0.1) is 12.7 Å². The van der Waals surface area contributed by atoms with E-state index >= 15 is 0 Å². The Labute approximate surface area is 190 Å². The first kappa shape index (κ1) is 22.1. The lowest BCUT2D eigenvalue weighted by Gasteiger charge is -2.26. The van der Waals surface area contributed by atoms with Gasteiger partial charge in [0.05, 0.1) is 31.4 Å². The van der Waals surface area contributed by atoms with E-state index in [1.54, 1.807) is 30.3 Å². The third kappa shape index (κ3) is 3.82. The van der Waals surface area contributed by atoms with Crippen LogP contribution in [0.1, 0.15) is 22.7 Å². The van der Waals surface area contributed by atoms with E-state index in [2.05, 4.69) is 0 Å².